The number of aliphatic hydroxyl groups is 1. The molecule has 3 aromatic rings. The highest BCUT2D eigenvalue weighted by molar-refractivity contribution is 6.39. The lowest BCUT2D eigenvalue weighted by Gasteiger charge is -2.31. The third-order valence-corrected chi connectivity index (χ3v) is 8.73. The van der Waals surface area contributed by atoms with Crippen LogP contribution in [0.5, 0.6) is 0 Å². The summed E-state index contributed by atoms with van der Waals surface area (Å²) in [6.07, 6.45) is 7.19. The van der Waals surface area contributed by atoms with Crippen LogP contribution < -0.4 is 0 Å². The molecule has 4 unspecified atom stereocenters. The van der Waals surface area contributed by atoms with Crippen LogP contribution >= 0.6 is 23.2 Å². The van der Waals surface area contributed by atoms with Crippen molar-refractivity contribution in [2.75, 3.05) is 0 Å². The Bertz CT molecular complexity index is 1280. The van der Waals surface area contributed by atoms with Crippen molar-refractivity contribution < 1.29 is 14.0 Å². The van der Waals surface area contributed by atoms with Crippen LogP contribution in [-0.4, -0.2) is 10.3 Å². The zero-order valence-electron chi connectivity index (χ0n) is 22.2. The highest BCUT2D eigenvalue weighted by atomic mass is 35.5. The van der Waals surface area contributed by atoms with Gasteiger partial charge >= 0.3 is 0 Å². The predicted octanol–water partition coefficient (Wildman–Crippen LogP) is 9.28. The number of benzene rings is 2. The molecule has 1 aromatic heterocycles. The molecule has 1 heterocycles. The molecule has 4 nitrogen and oxygen atoms in total. The van der Waals surface area contributed by atoms with Crippen LogP contribution in [0.1, 0.15) is 93.6 Å². The van der Waals surface area contributed by atoms with E-state index in [9.17, 15) is 9.50 Å². The third kappa shape index (κ3) is 5.78. The van der Waals surface area contributed by atoms with E-state index in [2.05, 4.69) is 12.1 Å². The van der Waals surface area contributed by atoms with Gasteiger partial charge in [0.15, 0.2) is 0 Å². The minimum absolute atomic E-state index is 0.119. The average molecular weight is 558 g/mol. The van der Waals surface area contributed by atoms with Crippen LogP contribution in [-0.2, 0) is 6.61 Å². The molecule has 3 saturated carbocycles. The van der Waals surface area contributed by atoms with Crippen LogP contribution in [0.25, 0.3) is 11.3 Å². The molecule has 2 bridgehead atoms. The zero-order chi connectivity index (χ0) is 27.4. The molecular weight excluding hydrogens is 522 g/mol. The smallest absolute Gasteiger partial charge is 0.145 e. The largest absolute Gasteiger partial charge is 0.391 e. The molecule has 7 heteroatoms. The minimum Gasteiger partial charge on any atom is -0.391 e. The van der Waals surface area contributed by atoms with Crippen LogP contribution in [0.3, 0.4) is 0 Å². The first-order valence-corrected chi connectivity index (χ1v) is 14.4. The Balaban J connectivity index is 0.000000166. The van der Waals surface area contributed by atoms with Gasteiger partial charge in [-0.3, -0.25) is 0 Å². The minimum atomic E-state index is -0.176. The second-order valence-electron chi connectivity index (χ2n) is 10.3. The number of aliphatic hydroxyl groups excluding tert-OH is 1. The van der Waals surface area contributed by atoms with Gasteiger partial charge in [-0.1, -0.05) is 67.7 Å². The van der Waals surface area contributed by atoms with Gasteiger partial charge in [-0.25, -0.2) is 4.39 Å². The van der Waals surface area contributed by atoms with Gasteiger partial charge in [-0.2, -0.15) is 5.26 Å². The van der Waals surface area contributed by atoms with Crippen molar-refractivity contribution in [1.82, 2.24) is 5.16 Å². The van der Waals surface area contributed by atoms with Gasteiger partial charge in [0, 0.05) is 17.0 Å². The fourth-order valence-corrected chi connectivity index (χ4v) is 6.87. The lowest BCUT2D eigenvalue weighted by Crippen LogP contribution is -2.20. The summed E-state index contributed by atoms with van der Waals surface area (Å²) in [5.74, 6) is 3.38. The van der Waals surface area contributed by atoms with Crippen molar-refractivity contribution in [2.24, 2.45) is 17.8 Å². The SMILES string of the molecule is CC.CC1CC2CCCC1C2c1ccc(C#N)cc1F.OCc1c(-c2c(Cl)cccc2Cl)noc1C1CC1. The monoisotopic (exact) mass is 556 g/mol. The third-order valence-electron chi connectivity index (χ3n) is 8.10. The number of halogens is 3. The zero-order valence-corrected chi connectivity index (χ0v) is 23.7. The van der Waals surface area contributed by atoms with Gasteiger partial charge in [0.1, 0.15) is 17.3 Å². The van der Waals surface area contributed by atoms with Crippen molar-refractivity contribution in [3.8, 4) is 17.3 Å². The summed E-state index contributed by atoms with van der Waals surface area (Å²) in [5, 5.41) is 23.4. The summed E-state index contributed by atoms with van der Waals surface area (Å²) in [6.45, 7) is 6.19. The molecule has 3 aliphatic carbocycles. The first kappa shape index (κ1) is 28.6. The van der Waals surface area contributed by atoms with Gasteiger partial charge in [0.2, 0.25) is 0 Å². The van der Waals surface area contributed by atoms with E-state index in [1.54, 1.807) is 24.3 Å². The molecule has 202 valence electrons. The maximum absolute atomic E-state index is 14.2. The first-order chi connectivity index (χ1) is 18.4. The summed E-state index contributed by atoms with van der Waals surface area (Å²) in [4.78, 5) is 0. The number of nitrogens with zero attached hydrogens (tertiary/aromatic N) is 2. The Morgan fingerprint density at radius 1 is 1.11 bits per heavy atom. The number of aromatic nitrogens is 1. The quantitative estimate of drug-likeness (QED) is 0.347. The highest BCUT2D eigenvalue weighted by Crippen LogP contribution is 2.55. The molecule has 0 saturated heterocycles. The van der Waals surface area contributed by atoms with Gasteiger partial charge in [-0.15, -0.1) is 0 Å². The predicted molar refractivity (Wildman–Crippen MR) is 150 cm³/mol. The van der Waals surface area contributed by atoms with Crippen LogP contribution in [0, 0.1) is 34.9 Å². The molecule has 0 radical (unpaired) electrons. The summed E-state index contributed by atoms with van der Waals surface area (Å²) in [5.41, 5.74) is 3.16. The van der Waals surface area contributed by atoms with E-state index in [1.165, 1.54) is 31.7 Å². The average Bonchev–Trinajstić information content (AvgIpc) is 3.65. The van der Waals surface area contributed by atoms with Gasteiger partial charge in [-0.05, 0) is 85.6 Å². The fraction of sp³-hybridized carbons (Fsp3) is 0.484. The molecule has 4 atom stereocenters. The van der Waals surface area contributed by atoms with Crippen molar-refractivity contribution in [1.29, 1.82) is 5.26 Å². The Labute approximate surface area is 234 Å². The summed E-state index contributed by atoms with van der Waals surface area (Å²) >= 11 is 12.3. The number of fused-ring (bicyclic) bond motifs is 2. The second-order valence-corrected chi connectivity index (χ2v) is 11.2. The van der Waals surface area contributed by atoms with E-state index in [4.69, 9.17) is 33.0 Å². The van der Waals surface area contributed by atoms with Gasteiger partial charge < -0.3 is 9.63 Å². The Hall–Kier alpha value is -2.39. The number of hydrogen-bond acceptors (Lipinski definition) is 4. The lowest BCUT2D eigenvalue weighted by atomic mass is 9.73. The van der Waals surface area contributed by atoms with Crippen molar-refractivity contribution in [2.45, 2.75) is 77.7 Å². The van der Waals surface area contributed by atoms with Crippen LogP contribution in [0.2, 0.25) is 10.0 Å². The molecule has 0 aliphatic heterocycles. The van der Waals surface area contributed by atoms with Crippen LogP contribution in [0.15, 0.2) is 40.9 Å². The molecule has 2 aromatic carbocycles. The lowest BCUT2D eigenvalue weighted by molar-refractivity contribution is 0.277. The Morgan fingerprint density at radius 2 is 1.82 bits per heavy atom. The molecule has 3 aliphatic rings. The van der Waals surface area contributed by atoms with Crippen molar-refractivity contribution >= 4 is 23.2 Å². The molecule has 1 N–H and O–H groups in total. The van der Waals surface area contributed by atoms with Gasteiger partial charge in [0.25, 0.3) is 0 Å². The summed E-state index contributed by atoms with van der Waals surface area (Å²) < 4.78 is 19.5. The van der Waals surface area contributed by atoms with E-state index in [-0.39, 0.29) is 12.4 Å². The molecule has 6 rings (SSSR count). The highest BCUT2D eigenvalue weighted by Gasteiger charge is 2.44. The van der Waals surface area contributed by atoms with E-state index in [0.717, 1.165) is 30.1 Å². The fourth-order valence-electron chi connectivity index (χ4n) is 6.29. The topological polar surface area (TPSA) is 70.0 Å². The maximum atomic E-state index is 14.2. The van der Waals surface area contributed by atoms with Gasteiger partial charge in [0.05, 0.1) is 28.3 Å². The first-order valence-electron chi connectivity index (χ1n) is 13.7. The number of rotatable bonds is 4. The summed E-state index contributed by atoms with van der Waals surface area (Å²) in [6, 6.07) is 12.3. The second kappa shape index (κ2) is 12.6. The van der Waals surface area contributed by atoms with E-state index >= 15 is 0 Å². The Morgan fingerprint density at radius 3 is 2.39 bits per heavy atom. The molecule has 0 spiro atoms. The number of hydrogen-bond donors (Lipinski definition) is 1. The standard InChI is InChI=1S/C16H18FN.C13H11Cl2NO2.C2H6/c1-10-7-12-3-2-4-13(10)16(12)14-6-5-11(9-18)8-15(14)17;14-9-2-1-3-10(15)11(9)12-8(6-17)13(18-16-12)7-4-5-7;1-2/h5-6,8,10,12-13,16H,2-4,7H2,1H3;1-3,7,17H,4-6H2;1-2H3. The number of nitriles is 1. The summed E-state index contributed by atoms with van der Waals surface area (Å²) in [7, 11) is 0. The van der Waals surface area contributed by atoms with E-state index in [1.807, 2.05) is 26.0 Å². The molecular formula is C31H35Cl2FN2O2. The van der Waals surface area contributed by atoms with Crippen LogP contribution in [0.4, 0.5) is 4.39 Å². The molecule has 3 fully saturated rings. The van der Waals surface area contributed by atoms with Crippen molar-refractivity contribution in [3.05, 3.63) is 74.7 Å². The molecule has 38 heavy (non-hydrogen) atoms. The maximum Gasteiger partial charge on any atom is 0.145 e. The normalized spacial score (nSPS) is 23.5. The van der Waals surface area contributed by atoms with E-state index < -0.39 is 0 Å². The van der Waals surface area contributed by atoms with Crippen molar-refractivity contribution in [3.63, 3.8) is 0 Å². The Kier molecular flexibility index (Phi) is 9.52. The van der Waals surface area contributed by atoms with E-state index in [0.29, 0.717) is 56.1 Å². The molecule has 0 amide bonds.